The van der Waals surface area contributed by atoms with Crippen molar-refractivity contribution in [2.75, 3.05) is 10.6 Å². The molecule has 4 nitrogen and oxygen atoms in total. The molecule has 1 rings (SSSR count). The molecule has 0 radical (unpaired) electrons. The fraction of sp³-hybridized carbons (Fsp3) is 0.500. The van der Waals surface area contributed by atoms with Gasteiger partial charge in [-0.25, -0.2) is 0 Å². The molecule has 0 bridgehead atoms. The van der Waals surface area contributed by atoms with Crippen LogP contribution in [-0.2, 0) is 4.79 Å². The van der Waals surface area contributed by atoms with Gasteiger partial charge in [0.2, 0.25) is 5.91 Å². The minimum Gasteiger partial charge on any atom is -0.350 e. The standard InChI is InChI=1S/C16H23BrN2O2/c1-3-12(2)18-16(21)13-8-4-5-9-14(13)19-15(20)10-6-7-11-17/h4-5,8-9,12H,3,6-7,10-11H2,1-2H3,(H,18,21)(H,19,20). The van der Waals surface area contributed by atoms with Crippen molar-refractivity contribution in [2.24, 2.45) is 0 Å². The Labute approximate surface area is 134 Å². The van der Waals surface area contributed by atoms with Crippen LogP contribution in [-0.4, -0.2) is 23.2 Å². The Morgan fingerprint density at radius 3 is 2.62 bits per heavy atom. The van der Waals surface area contributed by atoms with Gasteiger partial charge in [-0.15, -0.1) is 0 Å². The van der Waals surface area contributed by atoms with Crippen LogP contribution in [0.25, 0.3) is 0 Å². The highest BCUT2D eigenvalue weighted by molar-refractivity contribution is 9.09. The van der Waals surface area contributed by atoms with Crippen molar-refractivity contribution in [3.63, 3.8) is 0 Å². The maximum atomic E-state index is 12.2. The number of nitrogens with one attached hydrogen (secondary N) is 2. The number of alkyl halides is 1. The Kier molecular flexibility index (Phi) is 8.05. The first kappa shape index (κ1) is 17.7. The van der Waals surface area contributed by atoms with E-state index in [0.717, 1.165) is 24.6 Å². The van der Waals surface area contributed by atoms with E-state index >= 15 is 0 Å². The summed E-state index contributed by atoms with van der Waals surface area (Å²) in [7, 11) is 0. The number of halogens is 1. The molecule has 1 aromatic rings. The van der Waals surface area contributed by atoms with Gasteiger partial charge in [0.1, 0.15) is 0 Å². The van der Waals surface area contributed by atoms with Gasteiger partial charge in [0.05, 0.1) is 11.3 Å². The number of unbranched alkanes of at least 4 members (excludes halogenated alkanes) is 1. The normalized spacial score (nSPS) is 11.8. The van der Waals surface area contributed by atoms with E-state index in [9.17, 15) is 9.59 Å². The van der Waals surface area contributed by atoms with Crippen molar-refractivity contribution in [1.82, 2.24) is 5.32 Å². The highest BCUT2D eigenvalue weighted by atomic mass is 79.9. The fourth-order valence-corrected chi connectivity index (χ4v) is 2.18. The summed E-state index contributed by atoms with van der Waals surface area (Å²) >= 11 is 3.34. The van der Waals surface area contributed by atoms with Crippen molar-refractivity contribution in [3.8, 4) is 0 Å². The molecule has 1 unspecified atom stereocenters. The number of anilines is 1. The largest absolute Gasteiger partial charge is 0.350 e. The summed E-state index contributed by atoms with van der Waals surface area (Å²) in [5.41, 5.74) is 1.08. The zero-order valence-electron chi connectivity index (χ0n) is 12.6. The van der Waals surface area contributed by atoms with Gasteiger partial charge in [0.25, 0.3) is 5.91 Å². The van der Waals surface area contributed by atoms with Crippen LogP contribution in [0, 0.1) is 0 Å². The lowest BCUT2D eigenvalue weighted by molar-refractivity contribution is -0.116. The third-order valence-corrected chi connectivity index (χ3v) is 3.78. The molecule has 2 N–H and O–H groups in total. The molecule has 0 aliphatic rings. The molecule has 0 aliphatic heterocycles. The van der Waals surface area contributed by atoms with E-state index in [1.165, 1.54) is 0 Å². The van der Waals surface area contributed by atoms with Crippen LogP contribution < -0.4 is 10.6 Å². The molecule has 5 heteroatoms. The van der Waals surface area contributed by atoms with Crippen LogP contribution in [0.5, 0.6) is 0 Å². The molecular weight excluding hydrogens is 332 g/mol. The van der Waals surface area contributed by atoms with Crippen LogP contribution in [0.4, 0.5) is 5.69 Å². The molecule has 1 aromatic carbocycles. The summed E-state index contributed by atoms with van der Waals surface area (Å²) in [6.45, 7) is 3.97. The van der Waals surface area contributed by atoms with Crippen molar-refractivity contribution >= 4 is 33.4 Å². The van der Waals surface area contributed by atoms with Crippen LogP contribution in [0.15, 0.2) is 24.3 Å². The first-order chi connectivity index (χ1) is 10.1. The number of benzene rings is 1. The molecule has 0 spiro atoms. The maximum Gasteiger partial charge on any atom is 0.253 e. The monoisotopic (exact) mass is 354 g/mol. The number of amides is 2. The summed E-state index contributed by atoms with van der Waals surface area (Å²) in [5.74, 6) is -0.208. The average molecular weight is 355 g/mol. The Bertz CT molecular complexity index is 477. The first-order valence-electron chi connectivity index (χ1n) is 7.34. The molecular formula is C16H23BrN2O2. The lowest BCUT2D eigenvalue weighted by Crippen LogP contribution is -2.32. The second kappa shape index (κ2) is 9.55. The Balaban J connectivity index is 2.70. The van der Waals surface area contributed by atoms with Gasteiger partial charge in [0, 0.05) is 17.8 Å². The number of carbonyl (C=O) groups is 2. The Morgan fingerprint density at radius 1 is 1.24 bits per heavy atom. The highest BCUT2D eigenvalue weighted by Crippen LogP contribution is 2.16. The smallest absolute Gasteiger partial charge is 0.253 e. The number of hydrogen-bond acceptors (Lipinski definition) is 2. The number of rotatable bonds is 8. The number of para-hydroxylation sites is 1. The summed E-state index contributed by atoms with van der Waals surface area (Å²) in [5, 5.41) is 6.64. The predicted octanol–water partition coefficient (Wildman–Crippen LogP) is 3.72. The first-order valence-corrected chi connectivity index (χ1v) is 8.46. The Hall–Kier alpha value is -1.36. The van der Waals surface area contributed by atoms with Crippen molar-refractivity contribution in [3.05, 3.63) is 29.8 Å². The van der Waals surface area contributed by atoms with Crippen molar-refractivity contribution < 1.29 is 9.59 Å². The van der Waals surface area contributed by atoms with E-state index < -0.39 is 0 Å². The molecule has 0 aromatic heterocycles. The molecule has 21 heavy (non-hydrogen) atoms. The minimum absolute atomic E-state index is 0.0558. The lowest BCUT2D eigenvalue weighted by Gasteiger charge is -2.14. The van der Waals surface area contributed by atoms with Gasteiger partial charge in [-0.3, -0.25) is 9.59 Å². The van der Waals surface area contributed by atoms with Crippen LogP contribution >= 0.6 is 15.9 Å². The summed E-state index contributed by atoms with van der Waals surface area (Å²) in [4.78, 5) is 24.1. The van der Waals surface area contributed by atoms with Gasteiger partial charge in [0.15, 0.2) is 0 Å². The molecule has 0 heterocycles. The molecule has 0 saturated carbocycles. The SMILES string of the molecule is CCC(C)NC(=O)c1ccccc1NC(=O)CCCCBr. The third kappa shape index (κ3) is 6.29. The van der Waals surface area contributed by atoms with E-state index in [-0.39, 0.29) is 17.9 Å². The quantitative estimate of drug-likeness (QED) is 0.552. The van der Waals surface area contributed by atoms with Crippen molar-refractivity contribution in [1.29, 1.82) is 0 Å². The van der Waals surface area contributed by atoms with Gasteiger partial charge < -0.3 is 10.6 Å². The lowest BCUT2D eigenvalue weighted by atomic mass is 10.1. The molecule has 1 atom stereocenters. The minimum atomic E-state index is -0.152. The third-order valence-electron chi connectivity index (χ3n) is 3.22. The second-order valence-corrected chi connectivity index (χ2v) is 5.82. The molecule has 2 amide bonds. The molecule has 0 aliphatic carbocycles. The molecule has 0 saturated heterocycles. The van der Waals surface area contributed by atoms with Crippen LogP contribution in [0.2, 0.25) is 0 Å². The van der Waals surface area contributed by atoms with E-state index in [0.29, 0.717) is 17.7 Å². The fourth-order valence-electron chi connectivity index (χ4n) is 1.79. The van der Waals surface area contributed by atoms with E-state index in [1.807, 2.05) is 19.9 Å². The molecule has 116 valence electrons. The summed E-state index contributed by atoms with van der Waals surface area (Å²) < 4.78 is 0. The zero-order chi connectivity index (χ0) is 15.7. The topological polar surface area (TPSA) is 58.2 Å². The van der Waals surface area contributed by atoms with E-state index in [2.05, 4.69) is 26.6 Å². The average Bonchev–Trinajstić information content (AvgIpc) is 2.47. The van der Waals surface area contributed by atoms with Gasteiger partial charge in [-0.05, 0) is 38.3 Å². The number of carbonyl (C=O) groups excluding carboxylic acids is 2. The van der Waals surface area contributed by atoms with Gasteiger partial charge in [-0.2, -0.15) is 0 Å². The second-order valence-electron chi connectivity index (χ2n) is 5.02. The summed E-state index contributed by atoms with van der Waals surface area (Å²) in [6, 6.07) is 7.21. The van der Waals surface area contributed by atoms with Crippen LogP contribution in [0.1, 0.15) is 49.9 Å². The van der Waals surface area contributed by atoms with Crippen LogP contribution in [0.3, 0.4) is 0 Å². The maximum absolute atomic E-state index is 12.2. The zero-order valence-corrected chi connectivity index (χ0v) is 14.2. The predicted molar refractivity (Wildman–Crippen MR) is 89.9 cm³/mol. The van der Waals surface area contributed by atoms with E-state index in [4.69, 9.17) is 0 Å². The van der Waals surface area contributed by atoms with Gasteiger partial charge >= 0.3 is 0 Å². The van der Waals surface area contributed by atoms with Gasteiger partial charge in [-0.1, -0.05) is 35.0 Å². The number of hydrogen-bond donors (Lipinski definition) is 2. The van der Waals surface area contributed by atoms with E-state index in [1.54, 1.807) is 18.2 Å². The Morgan fingerprint density at radius 2 is 1.95 bits per heavy atom. The van der Waals surface area contributed by atoms with Crippen molar-refractivity contribution in [2.45, 2.75) is 45.6 Å². The summed E-state index contributed by atoms with van der Waals surface area (Å²) in [6.07, 6.45) is 3.13. The molecule has 0 fully saturated rings. The highest BCUT2D eigenvalue weighted by Gasteiger charge is 2.14.